The van der Waals surface area contributed by atoms with Gasteiger partial charge in [-0.1, -0.05) is 11.6 Å². The van der Waals surface area contributed by atoms with Gasteiger partial charge in [0, 0.05) is 9.60 Å². The summed E-state index contributed by atoms with van der Waals surface area (Å²) >= 11 is 9.37. The van der Waals surface area contributed by atoms with Crippen molar-refractivity contribution >= 4 is 44.8 Å². The van der Waals surface area contributed by atoms with Crippen LogP contribution in [0.2, 0.25) is 4.34 Å². The first kappa shape index (κ1) is 9.38. The largest absolute Gasteiger partial charge is 0.129 e. The van der Waals surface area contributed by atoms with Gasteiger partial charge in [-0.25, -0.2) is 0 Å². The van der Waals surface area contributed by atoms with E-state index in [4.69, 9.17) is 11.6 Å². The molecule has 68 valence electrons. The third-order valence-corrected chi connectivity index (χ3v) is 4.11. The number of fused-ring (bicyclic) bond motifs is 1. The lowest BCUT2D eigenvalue weighted by atomic mass is 10.2. The molecule has 0 nitrogen and oxygen atoms in total. The van der Waals surface area contributed by atoms with Crippen molar-refractivity contribution in [2.24, 2.45) is 0 Å². The fraction of sp³-hybridized carbons (Fsp3) is 0.200. The predicted octanol–water partition coefficient (Wildman–Crippen LogP) is 4.59. The van der Waals surface area contributed by atoms with Crippen LogP contribution in [0.5, 0.6) is 0 Å². The molecule has 0 radical (unpaired) electrons. The van der Waals surface area contributed by atoms with E-state index in [-0.39, 0.29) is 0 Å². The van der Waals surface area contributed by atoms with Gasteiger partial charge < -0.3 is 0 Å². The lowest BCUT2D eigenvalue weighted by Crippen LogP contribution is -1.76. The zero-order valence-corrected chi connectivity index (χ0v) is 9.82. The monoisotopic (exact) mass is 228 g/mol. The molecule has 1 heterocycles. The molecule has 0 N–H and O–H groups in total. The van der Waals surface area contributed by atoms with Crippen LogP contribution in [0.4, 0.5) is 0 Å². The first-order chi connectivity index (χ1) is 6.20. The van der Waals surface area contributed by atoms with Gasteiger partial charge in [0.05, 0.1) is 4.34 Å². The highest BCUT2D eigenvalue weighted by Crippen LogP contribution is 2.33. The second-order valence-electron chi connectivity index (χ2n) is 2.91. The second-order valence-corrected chi connectivity index (χ2v) is 5.47. The van der Waals surface area contributed by atoms with Crippen molar-refractivity contribution < 1.29 is 0 Å². The minimum Gasteiger partial charge on any atom is -0.129 e. The summed E-state index contributed by atoms with van der Waals surface area (Å²) in [5.41, 5.74) is 1.33. The van der Waals surface area contributed by atoms with Gasteiger partial charge in [-0.2, -0.15) is 0 Å². The Hall–Kier alpha value is -0.180. The van der Waals surface area contributed by atoms with Crippen LogP contribution in [-0.4, -0.2) is 6.26 Å². The topological polar surface area (TPSA) is 0 Å². The smallest absolute Gasteiger partial charge is 0.0940 e. The molecule has 2 rings (SSSR count). The molecule has 0 aliphatic carbocycles. The molecule has 0 saturated carbocycles. The quantitative estimate of drug-likeness (QED) is 0.644. The van der Waals surface area contributed by atoms with Gasteiger partial charge in [0.1, 0.15) is 0 Å². The maximum Gasteiger partial charge on any atom is 0.0940 e. The number of rotatable bonds is 1. The molecule has 0 aliphatic rings. The van der Waals surface area contributed by atoms with Gasteiger partial charge in [-0.05, 0) is 42.3 Å². The van der Waals surface area contributed by atoms with Crippen LogP contribution in [0.15, 0.2) is 23.1 Å². The van der Waals surface area contributed by atoms with E-state index in [2.05, 4.69) is 25.3 Å². The highest BCUT2D eigenvalue weighted by Gasteiger charge is 2.03. The number of hydrogen-bond donors (Lipinski definition) is 0. The van der Waals surface area contributed by atoms with Crippen LogP contribution in [-0.2, 0) is 0 Å². The molecule has 0 amide bonds. The summed E-state index contributed by atoms with van der Waals surface area (Å²) in [6, 6.07) is 6.44. The van der Waals surface area contributed by atoms with Gasteiger partial charge in [-0.3, -0.25) is 0 Å². The average Bonchev–Trinajstić information content (AvgIpc) is 2.42. The van der Waals surface area contributed by atoms with Crippen LogP contribution < -0.4 is 0 Å². The van der Waals surface area contributed by atoms with Crippen molar-refractivity contribution in [2.45, 2.75) is 11.8 Å². The molecular weight excluding hydrogens is 220 g/mol. The zero-order valence-electron chi connectivity index (χ0n) is 7.43. The third kappa shape index (κ3) is 1.71. The zero-order chi connectivity index (χ0) is 9.42. The van der Waals surface area contributed by atoms with E-state index >= 15 is 0 Å². The van der Waals surface area contributed by atoms with E-state index in [1.807, 2.05) is 6.07 Å². The van der Waals surface area contributed by atoms with E-state index in [0.717, 1.165) is 4.34 Å². The van der Waals surface area contributed by atoms with Crippen molar-refractivity contribution in [1.82, 2.24) is 0 Å². The summed E-state index contributed by atoms with van der Waals surface area (Å²) in [6.45, 7) is 2.14. The molecule has 3 heteroatoms. The Morgan fingerprint density at radius 3 is 2.77 bits per heavy atom. The van der Waals surface area contributed by atoms with E-state index in [9.17, 15) is 0 Å². The fourth-order valence-corrected chi connectivity index (χ4v) is 3.22. The second kappa shape index (κ2) is 3.52. The van der Waals surface area contributed by atoms with Gasteiger partial charge in [-0.15, -0.1) is 23.1 Å². The lowest BCUT2D eigenvalue weighted by Gasteiger charge is -2.01. The van der Waals surface area contributed by atoms with E-state index < -0.39 is 0 Å². The third-order valence-electron chi connectivity index (χ3n) is 2.00. The van der Waals surface area contributed by atoms with Gasteiger partial charge >= 0.3 is 0 Å². The normalized spacial score (nSPS) is 11.0. The van der Waals surface area contributed by atoms with Crippen molar-refractivity contribution in [2.75, 3.05) is 6.26 Å². The standard InChI is InChI=1S/C10H9ClS2/c1-6-3-9-7(4-8(6)12-2)5-10(11)13-9/h3-5H,1-2H3. The van der Waals surface area contributed by atoms with Crippen LogP contribution in [0.3, 0.4) is 0 Å². The molecule has 0 bridgehead atoms. The predicted molar refractivity (Wildman–Crippen MR) is 63.4 cm³/mol. The van der Waals surface area contributed by atoms with Crippen molar-refractivity contribution in [3.05, 3.63) is 28.1 Å². The van der Waals surface area contributed by atoms with Crippen molar-refractivity contribution in [1.29, 1.82) is 0 Å². The highest BCUT2D eigenvalue weighted by atomic mass is 35.5. The molecule has 1 aromatic heterocycles. The Labute approximate surface area is 90.9 Å². The molecule has 0 aliphatic heterocycles. The Morgan fingerprint density at radius 1 is 1.31 bits per heavy atom. The van der Waals surface area contributed by atoms with Crippen LogP contribution in [0, 0.1) is 6.92 Å². The van der Waals surface area contributed by atoms with Gasteiger partial charge in [0.2, 0.25) is 0 Å². The summed E-state index contributed by atoms with van der Waals surface area (Å²) in [6.07, 6.45) is 2.10. The Bertz CT molecular complexity index is 445. The van der Waals surface area contributed by atoms with Crippen LogP contribution in [0.25, 0.3) is 10.1 Å². The number of thiophene rings is 1. The van der Waals surface area contributed by atoms with E-state index in [1.165, 1.54) is 20.5 Å². The highest BCUT2D eigenvalue weighted by molar-refractivity contribution is 7.98. The minimum atomic E-state index is 0.868. The van der Waals surface area contributed by atoms with Crippen molar-refractivity contribution in [3.8, 4) is 0 Å². The molecule has 13 heavy (non-hydrogen) atoms. The molecule has 0 spiro atoms. The summed E-state index contributed by atoms with van der Waals surface area (Å²) in [7, 11) is 0. The summed E-state index contributed by atoms with van der Waals surface area (Å²) in [4.78, 5) is 1.34. The van der Waals surface area contributed by atoms with Gasteiger partial charge in [0.25, 0.3) is 0 Å². The maximum atomic E-state index is 5.94. The number of thioether (sulfide) groups is 1. The molecular formula is C10H9ClS2. The molecule has 0 atom stereocenters. The SMILES string of the molecule is CSc1cc2cc(Cl)sc2cc1C. The van der Waals surface area contributed by atoms with Gasteiger partial charge in [0.15, 0.2) is 0 Å². The Balaban J connectivity index is 2.72. The molecule has 2 aromatic rings. The maximum absolute atomic E-state index is 5.94. The van der Waals surface area contributed by atoms with Crippen molar-refractivity contribution in [3.63, 3.8) is 0 Å². The Kier molecular flexibility index (Phi) is 2.54. The molecule has 0 fully saturated rings. The van der Waals surface area contributed by atoms with Crippen LogP contribution in [0.1, 0.15) is 5.56 Å². The summed E-state index contributed by atoms with van der Waals surface area (Å²) in [5.74, 6) is 0. The fourth-order valence-electron chi connectivity index (χ4n) is 1.36. The first-order valence-corrected chi connectivity index (χ1v) is 6.36. The number of aryl methyl sites for hydroxylation is 1. The number of benzene rings is 1. The summed E-state index contributed by atoms with van der Waals surface area (Å²) < 4.78 is 2.15. The molecule has 0 unspecified atom stereocenters. The van der Waals surface area contributed by atoms with Crippen LogP contribution >= 0.6 is 34.7 Å². The number of halogens is 1. The molecule has 1 aromatic carbocycles. The average molecular weight is 229 g/mol. The minimum absolute atomic E-state index is 0.868. The first-order valence-electron chi connectivity index (χ1n) is 3.94. The molecule has 0 saturated heterocycles. The lowest BCUT2D eigenvalue weighted by molar-refractivity contribution is 1.34. The Morgan fingerprint density at radius 2 is 2.08 bits per heavy atom. The summed E-state index contributed by atoms with van der Waals surface area (Å²) in [5, 5.41) is 1.25. The number of hydrogen-bond acceptors (Lipinski definition) is 2. The van der Waals surface area contributed by atoms with E-state index in [0.29, 0.717) is 0 Å². The van der Waals surface area contributed by atoms with E-state index in [1.54, 1.807) is 23.1 Å².